The highest BCUT2D eigenvalue weighted by Gasteiger charge is 2.69. The Kier molecular flexibility index (Phi) is 5.36. The molecule has 0 spiro atoms. The third-order valence-electron chi connectivity index (χ3n) is 6.92. The lowest BCUT2D eigenvalue weighted by Crippen LogP contribution is -2.67. The summed E-state index contributed by atoms with van der Waals surface area (Å²) >= 11 is 0. The van der Waals surface area contributed by atoms with Gasteiger partial charge in [0.05, 0.1) is 0 Å². The van der Waals surface area contributed by atoms with Gasteiger partial charge in [-0.1, -0.05) is 17.7 Å². The molecule has 0 radical (unpaired) electrons. The Morgan fingerprint density at radius 3 is 2.34 bits per heavy atom. The standard InChI is InChI=1S/C24H35NO4/c1-15-12-16(2)19(17(3)13-15)14-18-8-10-23(21(27)29-22(4,5)6)11-9-20(26)25(7)24(18,23)28/h12-13,18,28H,8-11,14H2,1-7H3/t18-,23+,24-/m0/s1. The predicted octanol–water partition coefficient (Wildman–Crippen LogP) is 3.83. The van der Waals surface area contributed by atoms with Crippen molar-refractivity contribution < 1.29 is 19.4 Å². The van der Waals surface area contributed by atoms with Gasteiger partial charge in [0.15, 0.2) is 5.72 Å². The first kappa shape index (κ1) is 21.8. The molecule has 5 heteroatoms. The topological polar surface area (TPSA) is 66.8 Å². The molecule has 1 heterocycles. The number of aliphatic hydroxyl groups is 1. The Hall–Kier alpha value is -1.88. The van der Waals surface area contributed by atoms with Crippen LogP contribution in [0.15, 0.2) is 12.1 Å². The summed E-state index contributed by atoms with van der Waals surface area (Å²) in [7, 11) is 1.63. The maximum atomic E-state index is 13.3. The van der Waals surface area contributed by atoms with Gasteiger partial charge in [-0.15, -0.1) is 0 Å². The van der Waals surface area contributed by atoms with Gasteiger partial charge in [-0.2, -0.15) is 0 Å². The highest BCUT2D eigenvalue weighted by Crippen LogP contribution is 2.58. The average molecular weight is 402 g/mol. The van der Waals surface area contributed by atoms with E-state index in [1.54, 1.807) is 7.05 Å². The second-order valence-corrected chi connectivity index (χ2v) is 10.1. The number of benzene rings is 1. The average Bonchev–Trinajstić information content (AvgIpc) is 2.88. The van der Waals surface area contributed by atoms with Crippen molar-refractivity contribution in [2.75, 3.05) is 7.05 Å². The van der Waals surface area contributed by atoms with Gasteiger partial charge in [0.1, 0.15) is 11.0 Å². The van der Waals surface area contributed by atoms with Crippen LogP contribution in [0.2, 0.25) is 0 Å². The quantitative estimate of drug-likeness (QED) is 0.782. The Bertz CT molecular complexity index is 817. The summed E-state index contributed by atoms with van der Waals surface area (Å²) in [6.45, 7) is 11.8. The Labute approximate surface area is 174 Å². The summed E-state index contributed by atoms with van der Waals surface area (Å²) in [5.74, 6) is -0.716. The minimum atomic E-state index is -1.53. The maximum absolute atomic E-state index is 13.3. The normalized spacial score (nSPS) is 29.7. The molecule has 1 N–H and O–H groups in total. The molecule has 1 aliphatic carbocycles. The van der Waals surface area contributed by atoms with Crippen LogP contribution in [-0.2, 0) is 20.7 Å². The number of ether oxygens (including phenoxy) is 1. The smallest absolute Gasteiger partial charge is 0.317 e. The fraction of sp³-hybridized carbons (Fsp3) is 0.667. The van der Waals surface area contributed by atoms with Gasteiger partial charge in [-0.25, -0.2) is 0 Å². The molecular formula is C24H35NO4. The summed E-state index contributed by atoms with van der Waals surface area (Å²) in [6.07, 6.45) is 2.44. The summed E-state index contributed by atoms with van der Waals surface area (Å²) in [5, 5.41) is 12.0. The molecule has 0 unspecified atom stereocenters. The van der Waals surface area contributed by atoms with E-state index in [1.807, 2.05) is 20.8 Å². The monoisotopic (exact) mass is 401 g/mol. The van der Waals surface area contributed by atoms with Crippen molar-refractivity contribution in [3.8, 4) is 0 Å². The van der Waals surface area contributed by atoms with E-state index in [0.717, 1.165) is 0 Å². The molecule has 0 aromatic heterocycles. The molecule has 1 amide bonds. The second-order valence-electron chi connectivity index (χ2n) is 10.1. The van der Waals surface area contributed by atoms with E-state index in [-0.39, 0.29) is 24.2 Å². The van der Waals surface area contributed by atoms with E-state index in [0.29, 0.717) is 25.7 Å². The van der Waals surface area contributed by atoms with Gasteiger partial charge < -0.3 is 14.7 Å². The van der Waals surface area contributed by atoms with Crippen molar-refractivity contribution >= 4 is 11.9 Å². The van der Waals surface area contributed by atoms with Gasteiger partial charge >= 0.3 is 5.97 Å². The van der Waals surface area contributed by atoms with Crippen LogP contribution >= 0.6 is 0 Å². The Balaban J connectivity index is 2.03. The van der Waals surface area contributed by atoms with Crippen molar-refractivity contribution in [3.63, 3.8) is 0 Å². The zero-order valence-corrected chi connectivity index (χ0v) is 18.9. The fourth-order valence-corrected chi connectivity index (χ4v) is 5.53. The lowest BCUT2D eigenvalue weighted by Gasteiger charge is -2.52. The second kappa shape index (κ2) is 7.12. The minimum Gasteiger partial charge on any atom is -0.459 e. The number of piperidine rings is 1. The predicted molar refractivity (Wildman–Crippen MR) is 112 cm³/mol. The van der Waals surface area contributed by atoms with Crippen molar-refractivity contribution in [2.24, 2.45) is 11.3 Å². The fourth-order valence-electron chi connectivity index (χ4n) is 5.53. The maximum Gasteiger partial charge on any atom is 0.317 e. The zero-order valence-electron chi connectivity index (χ0n) is 18.9. The van der Waals surface area contributed by atoms with Crippen LogP contribution < -0.4 is 0 Å². The minimum absolute atomic E-state index is 0.115. The third kappa shape index (κ3) is 3.48. The first-order valence-corrected chi connectivity index (χ1v) is 10.6. The number of carbonyl (C=O) groups is 2. The molecule has 5 nitrogen and oxygen atoms in total. The first-order chi connectivity index (χ1) is 13.3. The molecule has 29 heavy (non-hydrogen) atoms. The lowest BCUT2D eigenvalue weighted by molar-refractivity contribution is -0.231. The molecule has 3 rings (SSSR count). The van der Waals surface area contributed by atoms with Gasteiger partial charge in [0, 0.05) is 19.4 Å². The van der Waals surface area contributed by atoms with Crippen LogP contribution in [0.5, 0.6) is 0 Å². The van der Waals surface area contributed by atoms with Crippen LogP contribution in [0.4, 0.5) is 0 Å². The summed E-state index contributed by atoms with van der Waals surface area (Å²) in [6, 6.07) is 4.30. The number of aryl methyl sites for hydroxylation is 3. The number of hydrogen-bond acceptors (Lipinski definition) is 4. The first-order valence-electron chi connectivity index (χ1n) is 10.6. The van der Waals surface area contributed by atoms with E-state index in [2.05, 4.69) is 32.9 Å². The number of rotatable bonds is 3. The number of carbonyl (C=O) groups excluding carboxylic acids is 2. The van der Waals surface area contributed by atoms with Crippen molar-refractivity contribution in [1.29, 1.82) is 0 Å². The number of esters is 1. The number of nitrogens with zero attached hydrogens (tertiary/aromatic N) is 1. The number of amides is 1. The van der Waals surface area contributed by atoms with Crippen molar-refractivity contribution in [2.45, 2.75) is 85.0 Å². The molecule has 1 saturated heterocycles. The van der Waals surface area contributed by atoms with E-state index in [9.17, 15) is 14.7 Å². The van der Waals surface area contributed by atoms with Crippen molar-refractivity contribution in [1.82, 2.24) is 4.90 Å². The van der Waals surface area contributed by atoms with Crippen LogP contribution in [0.25, 0.3) is 0 Å². The summed E-state index contributed by atoms with van der Waals surface area (Å²) in [5.41, 5.74) is 1.53. The van der Waals surface area contributed by atoms with Crippen molar-refractivity contribution in [3.05, 3.63) is 34.4 Å². The van der Waals surface area contributed by atoms with Gasteiger partial charge in [-0.3, -0.25) is 9.59 Å². The molecule has 1 aromatic carbocycles. The molecule has 0 bridgehead atoms. The lowest BCUT2D eigenvalue weighted by atomic mass is 9.69. The Morgan fingerprint density at radius 1 is 1.21 bits per heavy atom. The molecule has 160 valence electrons. The van der Waals surface area contributed by atoms with Gasteiger partial charge in [0.2, 0.25) is 5.91 Å². The molecule has 1 aliphatic heterocycles. The molecule has 2 aliphatic rings. The molecular weight excluding hydrogens is 366 g/mol. The van der Waals surface area contributed by atoms with E-state index in [4.69, 9.17) is 4.74 Å². The van der Waals surface area contributed by atoms with Crippen LogP contribution in [0, 0.1) is 32.1 Å². The Morgan fingerprint density at radius 2 is 1.79 bits per heavy atom. The summed E-state index contributed by atoms with van der Waals surface area (Å²) in [4.78, 5) is 27.3. The highest BCUT2D eigenvalue weighted by atomic mass is 16.6. The van der Waals surface area contributed by atoms with Gasteiger partial charge in [0.25, 0.3) is 0 Å². The molecule has 1 saturated carbocycles. The molecule has 2 fully saturated rings. The van der Waals surface area contributed by atoms with Crippen LogP contribution in [0.1, 0.15) is 68.7 Å². The van der Waals surface area contributed by atoms with Crippen LogP contribution in [-0.4, -0.2) is 40.3 Å². The number of fused-ring (bicyclic) bond motifs is 1. The van der Waals surface area contributed by atoms with E-state index >= 15 is 0 Å². The van der Waals surface area contributed by atoms with Gasteiger partial charge in [-0.05, 0) is 83.9 Å². The van der Waals surface area contributed by atoms with Crippen LogP contribution in [0.3, 0.4) is 0 Å². The number of hydrogen-bond donors (Lipinski definition) is 1. The number of likely N-dealkylation sites (tertiary alicyclic amines) is 1. The molecule has 3 atom stereocenters. The largest absolute Gasteiger partial charge is 0.459 e. The summed E-state index contributed by atoms with van der Waals surface area (Å²) < 4.78 is 5.76. The molecule has 1 aromatic rings. The third-order valence-corrected chi connectivity index (χ3v) is 6.92. The zero-order chi connectivity index (χ0) is 21.8. The highest BCUT2D eigenvalue weighted by molar-refractivity contribution is 5.86. The van der Waals surface area contributed by atoms with E-state index < -0.39 is 16.7 Å². The van der Waals surface area contributed by atoms with E-state index in [1.165, 1.54) is 27.2 Å². The SMILES string of the molecule is Cc1cc(C)c(C[C@@H]2CC[C@]3(C(=O)OC(C)(C)C)CCC(=O)N(C)[C@]23O)c(C)c1.